The monoisotopic (exact) mass is 504 g/mol. The number of carbonyl (C=O) groups is 2. The molecule has 0 radical (unpaired) electrons. The van der Waals surface area contributed by atoms with Gasteiger partial charge in [0.1, 0.15) is 4.32 Å². The molecule has 5 rings (SSSR count). The van der Waals surface area contributed by atoms with E-state index in [1.165, 1.54) is 27.8 Å². The smallest absolute Gasteiger partial charge is 0.239 e. The predicted octanol–water partition coefficient (Wildman–Crippen LogP) is 5.52. The van der Waals surface area contributed by atoms with Crippen LogP contribution in [0, 0.1) is 0 Å². The highest BCUT2D eigenvalue weighted by Crippen LogP contribution is 2.34. The molecule has 7 heteroatoms. The number of benzene rings is 3. The fourth-order valence-electron chi connectivity index (χ4n) is 4.36. The molecule has 0 saturated carbocycles. The van der Waals surface area contributed by atoms with Crippen molar-refractivity contribution in [3.05, 3.63) is 95.1 Å². The molecule has 172 valence electrons. The van der Waals surface area contributed by atoms with E-state index in [1.807, 2.05) is 34.9 Å². The minimum absolute atomic E-state index is 0.0261. The van der Waals surface area contributed by atoms with Crippen LogP contribution in [0.25, 0.3) is 0 Å². The molecule has 0 spiro atoms. The maximum absolute atomic E-state index is 12.9. The topological polar surface area (TPSA) is 49.4 Å². The van der Waals surface area contributed by atoms with Crippen LogP contribution >= 0.6 is 35.7 Å². The number of thioether (sulfide) groups is 2. The molecular weight excluding hydrogens is 481 g/mol. The molecule has 2 aliphatic heterocycles. The van der Waals surface area contributed by atoms with E-state index in [2.05, 4.69) is 59.9 Å². The molecule has 2 amide bonds. The zero-order valence-corrected chi connectivity index (χ0v) is 21.0. The summed E-state index contributed by atoms with van der Waals surface area (Å²) >= 11 is 8.38. The summed E-state index contributed by atoms with van der Waals surface area (Å²) in [6, 6.07) is 25.0. The van der Waals surface area contributed by atoms with Gasteiger partial charge in [0.05, 0.1) is 11.8 Å². The molecule has 0 bridgehead atoms. The summed E-state index contributed by atoms with van der Waals surface area (Å²) < 4.78 is 0.544. The largest absolute Gasteiger partial charge is 0.311 e. The molecule has 1 saturated heterocycles. The number of nitrogens with zero attached hydrogens (tertiary/aromatic N) is 1. The van der Waals surface area contributed by atoms with Gasteiger partial charge in [0.15, 0.2) is 0 Å². The van der Waals surface area contributed by atoms with Crippen LogP contribution in [-0.2, 0) is 34.7 Å². The van der Waals surface area contributed by atoms with Gasteiger partial charge < -0.3 is 10.2 Å². The first-order valence-electron chi connectivity index (χ1n) is 11.2. The Kier molecular flexibility index (Phi) is 7.04. The zero-order valence-electron chi connectivity index (χ0n) is 18.5. The van der Waals surface area contributed by atoms with E-state index in [-0.39, 0.29) is 17.1 Å². The van der Waals surface area contributed by atoms with Gasteiger partial charge in [-0.3, -0.25) is 9.59 Å². The average Bonchev–Trinajstić information content (AvgIpc) is 3.17. The number of anilines is 1. The number of hydrogen-bond donors (Lipinski definition) is 1. The highest BCUT2D eigenvalue weighted by Gasteiger charge is 2.32. The normalized spacial score (nSPS) is 17.6. The Labute approximate surface area is 213 Å². The summed E-state index contributed by atoms with van der Waals surface area (Å²) in [5.41, 5.74) is 5.62. The third-order valence-electron chi connectivity index (χ3n) is 6.11. The molecule has 2 aliphatic rings. The Hall–Kier alpha value is -2.61. The second-order valence-electron chi connectivity index (χ2n) is 8.40. The third-order valence-corrected chi connectivity index (χ3v) is 8.57. The second-order valence-corrected chi connectivity index (χ2v) is 11.3. The molecule has 0 aliphatic carbocycles. The van der Waals surface area contributed by atoms with Crippen molar-refractivity contribution in [1.29, 1.82) is 0 Å². The molecule has 1 unspecified atom stereocenters. The Bertz CT molecular complexity index is 1230. The molecule has 34 heavy (non-hydrogen) atoms. The van der Waals surface area contributed by atoms with Crippen molar-refractivity contribution in [3.63, 3.8) is 0 Å². The van der Waals surface area contributed by atoms with E-state index in [9.17, 15) is 9.59 Å². The zero-order chi connectivity index (χ0) is 23.5. The molecular formula is C27H24N2O2S3. The van der Waals surface area contributed by atoms with Crippen molar-refractivity contribution in [3.8, 4) is 0 Å². The number of fused-ring (bicyclic) bond motifs is 1. The van der Waals surface area contributed by atoms with Crippen LogP contribution in [0.15, 0.2) is 77.7 Å². The molecule has 4 nitrogen and oxygen atoms in total. The van der Waals surface area contributed by atoms with E-state index >= 15 is 0 Å². The van der Waals surface area contributed by atoms with Crippen molar-refractivity contribution in [2.75, 3.05) is 4.90 Å². The number of nitrogens with one attached hydrogen (secondary N) is 1. The number of amides is 2. The van der Waals surface area contributed by atoms with Crippen LogP contribution in [0.3, 0.4) is 0 Å². The molecule has 1 fully saturated rings. The Morgan fingerprint density at radius 2 is 1.71 bits per heavy atom. The summed E-state index contributed by atoms with van der Waals surface area (Å²) in [4.78, 5) is 28.2. The lowest BCUT2D eigenvalue weighted by Gasteiger charge is -2.31. The molecule has 3 aromatic carbocycles. The minimum Gasteiger partial charge on any atom is -0.311 e. The van der Waals surface area contributed by atoms with E-state index in [0.717, 1.165) is 22.6 Å². The van der Waals surface area contributed by atoms with E-state index < -0.39 is 0 Å². The van der Waals surface area contributed by atoms with Crippen LogP contribution in [-0.4, -0.2) is 21.4 Å². The lowest BCUT2D eigenvalue weighted by molar-refractivity contribution is -0.119. The Morgan fingerprint density at radius 3 is 2.44 bits per heavy atom. The van der Waals surface area contributed by atoms with Gasteiger partial charge in [-0.1, -0.05) is 78.6 Å². The molecule has 1 atom stereocenters. The van der Waals surface area contributed by atoms with E-state index in [4.69, 9.17) is 12.2 Å². The van der Waals surface area contributed by atoms with E-state index in [0.29, 0.717) is 30.1 Å². The van der Waals surface area contributed by atoms with Gasteiger partial charge >= 0.3 is 0 Å². The van der Waals surface area contributed by atoms with E-state index in [1.54, 1.807) is 0 Å². The van der Waals surface area contributed by atoms with Gasteiger partial charge in [0, 0.05) is 22.8 Å². The van der Waals surface area contributed by atoms with Gasteiger partial charge in [-0.2, -0.15) is 0 Å². The molecule has 1 N–H and O–H groups in total. The summed E-state index contributed by atoms with van der Waals surface area (Å²) in [5.74, 6) is 1.03. The van der Waals surface area contributed by atoms with Gasteiger partial charge in [-0.05, 0) is 53.3 Å². The Morgan fingerprint density at radius 1 is 0.941 bits per heavy atom. The number of hydrogen-bond acceptors (Lipinski definition) is 5. The first-order valence-corrected chi connectivity index (χ1v) is 13.5. The summed E-state index contributed by atoms with van der Waals surface area (Å²) in [7, 11) is 0. The first kappa shape index (κ1) is 23.1. The lowest BCUT2D eigenvalue weighted by Crippen LogP contribution is -2.35. The van der Waals surface area contributed by atoms with Crippen molar-refractivity contribution in [1.82, 2.24) is 5.32 Å². The number of thiocarbonyl (C=S) groups is 1. The fourth-order valence-corrected chi connectivity index (χ4v) is 6.53. The van der Waals surface area contributed by atoms with Gasteiger partial charge in [0.25, 0.3) is 0 Å². The molecule has 0 aromatic heterocycles. The van der Waals surface area contributed by atoms with Crippen molar-refractivity contribution >= 4 is 57.6 Å². The summed E-state index contributed by atoms with van der Waals surface area (Å²) in [6.45, 7) is 0.546. The number of rotatable bonds is 7. The standard InChI is InChI=1S/C27H24N2O2S3/c30-25-14-13-22-20(15-24-26(31)28-27(32)34-24)5-4-8-23(22)29(25)16-18-9-11-19(12-10-18)17-33-21-6-2-1-3-7-21/h1-12,24H,13-17H2,(H,28,31,32). The van der Waals surface area contributed by atoms with Crippen LogP contribution in [0.1, 0.15) is 28.7 Å². The second kappa shape index (κ2) is 10.3. The molecule has 2 heterocycles. The SMILES string of the molecule is O=C1NC(=S)SC1Cc1cccc2c1CCC(=O)N2Cc1ccc(CSc2ccccc2)cc1. The Balaban J connectivity index is 1.30. The highest BCUT2D eigenvalue weighted by atomic mass is 32.2. The maximum atomic E-state index is 12.9. The van der Waals surface area contributed by atoms with Gasteiger partial charge in [0.2, 0.25) is 11.8 Å². The van der Waals surface area contributed by atoms with Crippen molar-refractivity contribution in [2.24, 2.45) is 0 Å². The summed E-state index contributed by atoms with van der Waals surface area (Å²) in [5, 5.41) is 2.53. The predicted molar refractivity (Wildman–Crippen MR) is 144 cm³/mol. The minimum atomic E-state index is -0.202. The lowest BCUT2D eigenvalue weighted by atomic mass is 9.93. The highest BCUT2D eigenvalue weighted by molar-refractivity contribution is 8.24. The van der Waals surface area contributed by atoms with Gasteiger partial charge in [-0.15, -0.1) is 11.8 Å². The van der Waals surface area contributed by atoms with Crippen LogP contribution in [0.5, 0.6) is 0 Å². The fraction of sp³-hybridized carbons (Fsp3) is 0.222. The van der Waals surface area contributed by atoms with Crippen LogP contribution < -0.4 is 10.2 Å². The van der Waals surface area contributed by atoms with Crippen molar-refractivity contribution < 1.29 is 9.59 Å². The first-order chi connectivity index (χ1) is 16.6. The number of carbonyl (C=O) groups excluding carboxylic acids is 2. The van der Waals surface area contributed by atoms with Crippen molar-refractivity contribution in [2.45, 2.75) is 41.7 Å². The van der Waals surface area contributed by atoms with Gasteiger partial charge in [-0.25, -0.2) is 0 Å². The summed E-state index contributed by atoms with van der Waals surface area (Å²) in [6.07, 6.45) is 1.81. The quantitative estimate of drug-likeness (QED) is 0.339. The van der Waals surface area contributed by atoms with Crippen LogP contribution in [0.4, 0.5) is 5.69 Å². The average molecular weight is 505 g/mol. The third kappa shape index (κ3) is 5.22. The molecule has 3 aromatic rings. The maximum Gasteiger partial charge on any atom is 0.239 e. The van der Waals surface area contributed by atoms with Crippen LogP contribution in [0.2, 0.25) is 0 Å².